The van der Waals surface area contributed by atoms with Crippen molar-refractivity contribution in [1.29, 1.82) is 0 Å². The second-order valence-corrected chi connectivity index (χ2v) is 5.37. The third kappa shape index (κ3) is 3.48. The standard InChI is InChI=1S/C18H14F4N2/c19-15-8-6-14(7-9-15)16-12-23-24(17(16)18(20,21)22)11-10-13-4-2-1-3-5-13/h1-9,12H,10-11H2. The number of nitrogens with zero attached hydrogens (tertiary/aromatic N) is 2. The Bertz CT molecular complexity index is 805. The molecule has 24 heavy (non-hydrogen) atoms. The second kappa shape index (κ2) is 6.47. The van der Waals surface area contributed by atoms with Crippen molar-refractivity contribution in [3.8, 4) is 11.1 Å². The fraction of sp³-hybridized carbons (Fsp3) is 0.167. The molecule has 2 nitrogen and oxygen atoms in total. The number of rotatable bonds is 4. The van der Waals surface area contributed by atoms with Gasteiger partial charge in [-0.1, -0.05) is 42.5 Å². The van der Waals surface area contributed by atoms with Gasteiger partial charge in [0.1, 0.15) is 11.5 Å². The molecule has 0 aliphatic carbocycles. The van der Waals surface area contributed by atoms with Gasteiger partial charge < -0.3 is 0 Å². The van der Waals surface area contributed by atoms with E-state index in [0.29, 0.717) is 6.42 Å². The fourth-order valence-corrected chi connectivity index (χ4v) is 2.57. The Labute approximate surface area is 136 Å². The molecule has 0 fully saturated rings. The van der Waals surface area contributed by atoms with Crippen LogP contribution in [0.1, 0.15) is 11.3 Å². The summed E-state index contributed by atoms with van der Waals surface area (Å²) in [5, 5.41) is 3.90. The van der Waals surface area contributed by atoms with Crippen molar-refractivity contribution in [3.05, 3.63) is 77.9 Å². The third-order valence-corrected chi connectivity index (χ3v) is 3.72. The van der Waals surface area contributed by atoms with Crippen LogP contribution in [0, 0.1) is 5.82 Å². The predicted molar refractivity (Wildman–Crippen MR) is 82.8 cm³/mol. The molecule has 3 aromatic rings. The number of hydrogen-bond acceptors (Lipinski definition) is 1. The molecule has 0 amide bonds. The number of hydrogen-bond donors (Lipinski definition) is 0. The molecule has 0 unspecified atom stereocenters. The number of alkyl halides is 3. The summed E-state index contributed by atoms with van der Waals surface area (Å²) < 4.78 is 54.5. The highest BCUT2D eigenvalue weighted by molar-refractivity contribution is 5.66. The van der Waals surface area contributed by atoms with Gasteiger partial charge in [0.2, 0.25) is 0 Å². The summed E-state index contributed by atoms with van der Waals surface area (Å²) >= 11 is 0. The van der Waals surface area contributed by atoms with E-state index >= 15 is 0 Å². The smallest absolute Gasteiger partial charge is 0.260 e. The molecule has 0 bridgehead atoms. The quantitative estimate of drug-likeness (QED) is 0.617. The van der Waals surface area contributed by atoms with E-state index in [2.05, 4.69) is 5.10 Å². The maximum absolute atomic E-state index is 13.5. The SMILES string of the molecule is Fc1ccc(-c2cnn(CCc3ccccc3)c2C(F)(F)F)cc1. The molecule has 1 aromatic heterocycles. The van der Waals surface area contributed by atoms with Gasteiger partial charge in [-0.3, -0.25) is 4.68 Å². The van der Waals surface area contributed by atoms with Crippen LogP contribution in [0.4, 0.5) is 17.6 Å². The Morgan fingerprint density at radius 3 is 2.21 bits per heavy atom. The first-order valence-electron chi connectivity index (χ1n) is 7.38. The maximum atomic E-state index is 13.5. The van der Waals surface area contributed by atoms with Gasteiger partial charge in [0.15, 0.2) is 0 Å². The minimum atomic E-state index is -4.54. The van der Waals surface area contributed by atoms with E-state index in [9.17, 15) is 17.6 Å². The van der Waals surface area contributed by atoms with Crippen molar-refractivity contribution in [2.45, 2.75) is 19.1 Å². The lowest BCUT2D eigenvalue weighted by Gasteiger charge is -2.13. The van der Waals surface area contributed by atoms with Gasteiger partial charge in [0.25, 0.3) is 0 Å². The highest BCUT2D eigenvalue weighted by Gasteiger charge is 2.38. The lowest BCUT2D eigenvalue weighted by molar-refractivity contribution is -0.143. The molecular weight excluding hydrogens is 320 g/mol. The molecule has 0 atom stereocenters. The zero-order chi connectivity index (χ0) is 17.2. The summed E-state index contributed by atoms with van der Waals surface area (Å²) in [6.45, 7) is 0.111. The average molecular weight is 334 g/mol. The third-order valence-electron chi connectivity index (χ3n) is 3.72. The van der Waals surface area contributed by atoms with Crippen LogP contribution in [-0.4, -0.2) is 9.78 Å². The van der Waals surface area contributed by atoms with E-state index < -0.39 is 17.7 Å². The van der Waals surface area contributed by atoms with Crippen LogP contribution >= 0.6 is 0 Å². The molecule has 0 saturated carbocycles. The van der Waals surface area contributed by atoms with Gasteiger partial charge in [0, 0.05) is 12.1 Å². The number of halogens is 4. The first kappa shape index (κ1) is 16.2. The Balaban J connectivity index is 1.94. The lowest BCUT2D eigenvalue weighted by atomic mass is 10.1. The lowest BCUT2D eigenvalue weighted by Crippen LogP contribution is -2.16. The summed E-state index contributed by atoms with van der Waals surface area (Å²) in [7, 11) is 0. The van der Waals surface area contributed by atoms with Gasteiger partial charge >= 0.3 is 6.18 Å². The molecule has 2 aromatic carbocycles. The van der Waals surface area contributed by atoms with Crippen LogP contribution in [0.3, 0.4) is 0 Å². The summed E-state index contributed by atoms with van der Waals surface area (Å²) in [6.07, 6.45) is -2.92. The van der Waals surface area contributed by atoms with Crippen LogP contribution in [0.5, 0.6) is 0 Å². The predicted octanol–water partition coefficient (Wildman–Crippen LogP) is 4.95. The van der Waals surface area contributed by atoms with Crippen LogP contribution in [-0.2, 0) is 19.1 Å². The highest BCUT2D eigenvalue weighted by Crippen LogP contribution is 2.37. The van der Waals surface area contributed by atoms with Crippen molar-refractivity contribution in [1.82, 2.24) is 9.78 Å². The second-order valence-electron chi connectivity index (χ2n) is 5.37. The molecule has 1 heterocycles. The summed E-state index contributed by atoms with van der Waals surface area (Å²) in [5.41, 5.74) is 0.361. The Hall–Kier alpha value is -2.63. The molecule has 0 N–H and O–H groups in total. The van der Waals surface area contributed by atoms with E-state index in [1.165, 1.54) is 18.3 Å². The van der Waals surface area contributed by atoms with E-state index in [1.807, 2.05) is 30.3 Å². The zero-order valence-electron chi connectivity index (χ0n) is 12.6. The zero-order valence-corrected chi connectivity index (χ0v) is 12.6. The van der Waals surface area contributed by atoms with Gasteiger partial charge in [-0.15, -0.1) is 0 Å². The largest absolute Gasteiger partial charge is 0.433 e. The minimum Gasteiger partial charge on any atom is -0.260 e. The fourth-order valence-electron chi connectivity index (χ4n) is 2.57. The molecule has 6 heteroatoms. The van der Waals surface area contributed by atoms with Gasteiger partial charge in [-0.05, 0) is 29.7 Å². The van der Waals surface area contributed by atoms with Crippen molar-refractivity contribution >= 4 is 0 Å². The van der Waals surface area contributed by atoms with Gasteiger partial charge in [-0.25, -0.2) is 4.39 Å². The number of aromatic nitrogens is 2. The van der Waals surface area contributed by atoms with E-state index in [4.69, 9.17) is 0 Å². The average Bonchev–Trinajstić information content (AvgIpc) is 2.99. The summed E-state index contributed by atoms with van der Waals surface area (Å²) in [6, 6.07) is 14.2. The van der Waals surface area contributed by atoms with Crippen LogP contribution in [0.15, 0.2) is 60.8 Å². The van der Waals surface area contributed by atoms with E-state index in [-0.39, 0.29) is 17.7 Å². The molecule has 3 rings (SSSR count). The van der Waals surface area contributed by atoms with Crippen LogP contribution in [0.25, 0.3) is 11.1 Å². The molecule has 0 radical (unpaired) electrons. The minimum absolute atomic E-state index is 0.0458. The summed E-state index contributed by atoms with van der Waals surface area (Å²) in [5.74, 6) is -0.497. The van der Waals surface area contributed by atoms with Crippen LogP contribution < -0.4 is 0 Å². The number of benzene rings is 2. The van der Waals surface area contributed by atoms with Crippen molar-refractivity contribution in [2.24, 2.45) is 0 Å². The van der Waals surface area contributed by atoms with E-state index in [1.54, 1.807) is 0 Å². The maximum Gasteiger partial charge on any atom is 0.433 e. The van der Waals surface area contributed by atoms with Gasteiger partial charge in [0.05, 0.1) is 6.20 Å². The Morgan fingerprint density at radius 2 is 1.58 bits per heavy atom. The molecule has 0 saturated heterocycles. The Kier molecular flexibility index (Phi) is 4.38. The molecule has 0 aliphatic heterocycles. The molecule has 124 valence electrons. The van der Waals surface area contributed by atoms with Gasteiger partial charge in [-0.2, -0.15) is 18.3 Å². The monoisotopic (exact) mass is 334 g/mol. The molecule has 0 spiro atoms. The Morgan fingerprint density at radius 1 is 0.917 bits per heavy atom. The molecule has 0 aliphatic rings. The van der Waals surface area contributed by atoms with Crippen molar-refractivity contribution in [3.63, 3.8) is 0 Å². The first-order valence-corrected chi connectivity index (χ1v) is 7.38. The van der Waals surface area contributed by atoms with E-state index in [0.717, 1.165) is 22.4 Å². The first-order chi connectivity index (χ1) is 11.4. The van der Waals surface area contributed by atoms with Crippen LogP contribution in [0.2, 0.25) is 0 Å². The van der Waals surface area contributed by atoms with Crippen molar-refractivity contribution in [2.75, 3.05) is 0 Å². The summed E-state index contributed by atoms with van der Waals surface area (Å²) in [4.78, 5) is 0. The topological polar surface area (TPSA) is 17.8 Å². The highest BCUT2D eigenvalue weighted by atomic mass is 19.4. The number of aryl methyl sites for hydroxylation is 2. The molecular formula is C18H14F4N2. The van der Waals surface area contributed by atoms with Crippen molar-refractivity contribution < 1.29 is 17.6 Å². The normalized spacial score (nSPS) is 11.7.